The van der Waals surface area contributed by atoms with Crippen molar-refractivity contribution in [3.63, 3.8) is 0 Å². The van der Waals surface area contributed by atoms with E-state index in [0.717, 1.165) is 37.2 Å². The smallest absolute Gasteiger partial charge is 0.265 e. The molecule has 1 aliphatic rings. The van der Waals surface area contributed by atoms with E-state index in [1.54, 1.807) is 12.1 Å². The van der Waals surface area contributed by atoms with Crippen molar-refractivity contribution in [2.45, 2.75) is 25.8 Å². The van der Waals surface area contributed by atoms with Crippen molar-refractivity contribution in [3.05, 3.63) is 82.0 Å². The zero-order valence-corrected chi connectivity index (χ0v) is 17.7. The fourth-order valence-electron chi connectivity index (χ4n) is 3.73. The van der Waals surface area contributed by atoms with Gasteiger partial charge in [-0.1, -0.05) is 36.4 Å². The minimum atomic E-state index is -0.164. The molecule has 0 bridgehead atoms. The third-order valence-electron chi connectivity index (χ3n) is 5.34. The molecule has 30 heavy (non-hydrogen) atoms. The van der Waals surface area contributed by atoms with Gasteiger partial charge >= 0.3 is 0 Å². The second kappa shape index (κ2) is 9.13. The van der Waals surface area contributed by atoms with Gasteiger partial charge in [0.25, 0.3) is 11.8 Å². The van der Waals surface area contributed by atoms with E-state index in [1.807, 2.05) is 60.8 Å². The molecule has 2 aromatic carbocycles. The highest BCUT2D eigenvalue weighted by atomic mass is 32.1. The summed E-state index contributed by atoms with van der Waals surface area (Å²) in [5, 5.41) is 7.89. The molecule has 0 saturated carbocycles. The molecule has 5 nitrogen and oxygen atoms in total. The van der Waals surface area contributed by atoms with Gasteiger partial charge in [-0.3, -0.25) is 9.59 Å². The Hall–Kier alpha value is -3.12. The Morgan fingerprint density at radius 3 is 2.43 bits per heavy atom. The second-order valence-corrected chi connectivity index (χ2v) is 8.41. The Bertz CT molecular complexity index is 1010. The van der Waals surface area contributed by atoms with Gasteiger partial charge in [-0.2, -0.15) is 0 Å². The molecule has 1 unspecified atom stereocenters. The van der Waals surface area contributed by atoms with Crippen molar-refractivity contribution < 1.29 is 9.59 Å². The summed E-state index contributed by atoms with van der Waals surface area (Å²) in [7, 11) is 0. The third kappa shape index (κ3) is 4.54. The van der Waals surface area contributed by atoms with Crippen LogP contribution < -0.4 is 15.5 Å². The van der Waals surface area contributed by atoms with Crippen LogP contribution in [0.3, 0.4) is 0 Å². The molecular weight excluding hydrogens is 394 g/mol. The topological polar surface area (TPSA) is 61.4 Å². The van der Waals surface area contributed by atoms with Crippen LogP contribution in [0.4, 0.5) is 11.4 Å². The number of rotatable bonds is 6. The number of carbonyl (C=O) groups excluding carboxylic acids is 2. The molecule has 3 aromatic rings. The first-order chi connectivity index (χ1) is 14.6. The van der Waals surface area contributed by atoms with Gasteiger partial charge in [0.05, 0.1) is 16.5 Å². The maximum Gasteiger partial charge on any atom is 0.265 e. The molecule has 6 heteroatoms. The number of nitrogens with one attached hydrogen (secondary N) is 2. The average molecular weight is 420 g/mol. The highest BCUT2D eigenvalue weighted by molar-refractivity contribution is 7.12. The number of nitrogens with zero attached hydrogens (tertiary/aromatic N) is 1. The molecule has 0 spiro atoms. The van der Waals surface area contributed by atoms with E-state index in [0.29, 0.717) is 16.1 Å². The molecule has 4 rings (SSSR count). The first-order valence-electron chi connectivity index (χ1n) is 10.2. The maximum absolute atomic E-state index is 13.2. The summed E-state index contributed by atoms with van der Waals surface area (Å²) in [6.45, 7) is 3.86. The number of carbonyl (C=O) groups is 2. The minimum Gasteiger partial charge on any atom is -0.371 e. The predicted octanol–water partition coefficient (Wildman–Crippen LogP) is 5.09. The number of hydrogen-bond donors (Lipinski definition) is 2. The second-order valence-electron chi connectivity index (χ2n) is 7.46. The Balaban J connectivity index is 1.59. The molecule has 1 aliphatic heterocycles. The Morgan fingerprint density at radius 1 is 0.967 bits per heavy atom. The lowest BCUT2D eigenvalue weighted by atomic mass is 10.1. The van der Waals surface area contributed by atoms with Gasteiger partial charge in [0.15, 0.2) is 0 Å². The Kier molecular flexibility index (Phi) is 6.14. The minimum absolute atomic E-state index is 0.116. The summed E-state index contributed by atoms with van der Waals surface area (Å²) in [5.74, 6) is -0.302. The fourth-order valence-corrected chi connectivity index (χ4v) is 4.35. The van der Waals surface area contributed by atoms with Crippen LogP contribution >= 0.6 is 11.3 Å². The number of hydrogen-bond acceptors (Lipinski definition) is 4. The van der Waals surface area contributed by atoms with Crippen molar-refractivity contribution in [2.75, 3.05) is 23.3 Å². The Morgan fingerprint density at radius 2 is 1.73 bits per heavy atom. The van der Waals surface area contributed by atoms with Crippen LogP contribution in [0.15, 0.2) is 66.0 Å². The van der Waals surface area contributed by atoms with Crippen molar-refractivity contribution in [3.8, 4) is 0 Å². The largest absolute Gasteiger partial charge is 0.371 e. The molecule has 1 aromatic heterocycles. The van der Waals surface area contributed by atoms with Gasteiger partial charge in [-0.05, 0) is 55.0 Å². The molecule has 1 atom stereocenters. The number of thiophene rings is 1. The molecule has 0 radical (unpaired) electrons. The van der Waals surface area contributed by atoms with E-state index < -0.39 is 0 Å². The van der Waals surface area contributed by atoms with Crippen LogP contribution in [0.5, 0.6) is 0 Å². The van der Waals surface area contributed by atoms with Crippen LogP contribution in [0.25, 0.3) is 0 Å². The van der Waals surface area contributed by atoms with E-state index in [9.17, 15) is 9.59 Å². The first-order valence-corrected chi connectivity index (χ1v) is 11.1. The van der Waals surface area contributed by atoms with Gasteiger partial charge in [0, 0.05) is 24.5 Å². The molecule has 1 saturated heterocycles. The summed E-state index contributed by atoms with van der Waals surface area (Å²) >= 11 is 1.39. The van der Waals surface area contributed by atoms with E-state index in [-0.39, 0.29) is 17.9 Å². The summed E-state index contributed by atoms with van der Waals surface area (Å²) in [6.07, 6.45) is 2.25. The van der Waals surface area contributed by atoms with E-state index in [4.69, 9.17) is 0 Å². The van der Waals surface area contributed by atoms with Crippen LogP contribution in [0, 0.1) is 0 Å². The maximum atomic E-state index is 13.2. The Labute approximate surface area is 180 Å². The molecular formula is C24H25N3O2S. The fraction of sp³-hybridized carbons (Fsp3) is 0.250. The van der Waals surface area contributed by atoms with Crippen LogP contribution in [0.1, 0.15) is 51.4 Å². The highest BCUT2D eigenvalue weighted by Crippen LogP contribution is 2.28. The van der Waals surface area contributed by atoms with Crippen LogP contribution in [-0.4, -0.2) is 24.9 Å². The standard InChI is InChI=1S/C24H25N3O2S/c1-17(18-8-3-2-4-9-18)25-23(28)20-16-19(26-24(29)22-10-7-15-30-22)11-12-21(20)27-13-5-6-14-27/h2-4,7-12,15-17H,5-6,13-14H2,1H3,(H,25,28)(H,26,29). The summed E-state index contributed by atoms with van der Waals surface area (Å²) in [5.41, 5.74) is 3.17. The number of benzene rings is 2. The van der Waals surface area contributed by atoms with E-state index in [2.05, 4.69) is 15.5 Å². The first kappa shape index (κ1) is 20.2. The van der Waals surface area contributed by atoms with E-state index in [1.165, 1.54) is 11.3 Å². The number of anilines is 2. The molecule has 0 aliphatic carbocycles. The lowest BCUT2D eigenvalue weighted by molar-refractivity contribution is 0.0939. The van der Waals surface area contributed by atoms with Crippen molar-refractivity contribution in [1.29, 1.82) is 0 Å². The zero-order chi connectivity index (χ0) is 20.9. The third-order valence-corrected chi connectivity index (χ3v) is 6.21. The van der Waals surface area contributed by atoms with Gasteiger partial charge < -0.3 is 15.5 Å². The normalized spacial score (nSPS) is 14.4. The van der Waals surface area contributed by atoms with Crippen LogP contribution in [0.2, 0.25) is 0 Å². The monoisotopic (exact) mass is 419 g/mol. The van der Waals surface area contributed by atoms with Gasteiger partial charge in [-0.25, -0.2) is 0 Å². The summed E-state index contributed by atoms with van der Waals surface area (Å²) < 4.78 is 0. The van der Waals surface area contributed by atoms with Gasteiger partial charge in [-0.15, -0.1) is 11.3 Å². The molecule has 1 fully saturated rings. The molecule has 2 amide bonds. The molecule has 2 heterocycles. The lowest BCUT2D eigenvalue weighted by Crippen LogP contribution is -2.29. The van der Waals surface area contributed by atoms with E-state index >= 15 is 0 Å². The van der Waals surface area contributed by atoms with Gasteiger partial charge in [0.1, 0.15) is 0 Å². The lowest BCUT2D eigenvalue weighted by Gasteiger charge is -2.23. The van der Waals surface area contributed by atoms with Crippen LogP contribution in [-0.2, 0) is 0 Å². The van der Waals surface area contributed by atoms with Crippen molar-refractivity contribution >= 4 is 34.5 Å². The molecule has 2 N–H and O–H groups in total. The predicted molar refractivity (Wildman–Crippen MR) is 122 cm³/mol. The number of amides is 2. The van der Waals surface area contributed by atoms with Crippen molar-refractivity contribution in [1.82, 2.24) is 5.32 Å². The quantitative estimate of drug-likeness (QED) is 0.585. The van der Waals surface area contributed by atoms with Crippen molar-refractivity contribution in [2.24, 2.45) is 0 Å². The summed E-state index contributed by atoms with van der Waals surface area (Å²) in [6, 6.07) is 19.0. The average Bonchev–Trinajstić information content (AvgIpc) is 3.48. The zero-order valence-electron chi connectivity index (χ0n) is 16.9. The van der Waals surface area contributed by atoms with Gasteiger partial charge in [0.2, 0.25) is 0 Å². The molecule has 154 valence electrons. The summed E-state index contributed by atoms with van der Waals surface area (Å²) in [4.78, 5) is 28.6. The highest BCUT2D eigenvalue weighted by Gasteiger charge is 2.22. The SMILES string of the molecule is CC(NC(=O)c1cc(NC(=O)c2cccs2)ccc1N1CCCC1)c1ccccc1.